The highest BCUT2D eigenvalue weighted by molar-refractivity contribution is 5.30. The molecule has 0 aliphatic carbocycles. The van der Waals surface area contributed by atoms with Gasteiger partial charge in [-0.1, -0.05) is 13.8 Å². The van der Waals surface area contributed by atoms with Crippen molar-refractivity contribution in [3.05, 3.63) is 34.9 Å². The lowest BCUT2D eigenvalue weighted by atomic mass is 10.0. The van der Waals surface area contributed by atoms with Crippen LogP contribution in [0.25, 0.3) is 0 Å². The molecule has 1 N–H and O–H groups in total. The maximum Gasteiger partial charge on any atom is 0.0672 e. The van der Waals surface area contributed by atoms with Crippen LogP contribution in [-0.4, -0.2) is 26.6 Å². The Morgan fingerprint density at radius 3 is 2.57 bits per heavy atom. The van der Waals surface area contributed by atoms with E-state index in [-0.39, 0.29) is 0 Å². The van der Waals surface area contributed by atoms with Crippen molar-refractivity contribution in [1.82, 2.24) is 24.9 Å². The lowest BCUT2D eigenvalue weighted by molar-refractivity contribution is 0.575. The van der Waals surface area contributed by atoms with Crippen LogP contribution in [0.2, 0.25) is 0 Å². The number of nitrogens with one attached hydrogen (secondary N) is 1. The van der Waals surface area contributed by atoms with Crippen molar-refractivity contribution in [2.24, 2.45) is 7.05 Å². The minimum absolute atomic E-state index is 0.349. The molecular weight excluding hydrogens is 262 g/mol. The predicted octanol–water partition coefficient (Wildman–Crippen LogP) is 2.26. The molecule has 0 bridgehead atoms. The molecule has 0 aromatic carbocycles. The standard InChI is InChI=1S/C16H27N5/c1-6-14-16(12(3)17-4)15(7-2)21(19-14)9-8-13-10-18-20(5)11-13/h10-12,17H,6-9H2,1-5H3. The van der Waals surface area contributed by atoms with Gasteiger partial charge in [-0.2, -0.15) is 10.2 Å². The molecule has 2 aromatic rings. The summed E-state index contributed by atoms with van der Waals surface area (Å²) in [7, 11) is 3.97. The predicted molar refractivity (Wildman–Crippen MR) is 85.4 cm³/mol. The van der Waals surface area contributed by atoms with Crippen molar-refractivity contribution in [2.75, 3.05) is 7.05 Å². The van der Waals surface area contributed by atoms with Gasteiger partial charge < -0.3 is 5.32 Å². The summed E-state index contributed by atoms with van der Waals surface area (Å²) < 4.78 is 4.04. The second kappa shape index (κ2) is 6.89. The number of aryl methyl sites for hydroxylation is 4. The highest BCUT2D eigenvalue weighted by Crippen LogP contribution is 2.23. The minimum atomic E-state index is 0.349. The van der Waals surface area contributed by atoms with Crippen LogP contribution >= 0.6 is 0 Å². The van der Waals surface area contributed by atoms with E-state index in [0.717, 1.165) is 25.8 Å². The molecule has 0 amide bonds. The van der Waals surface area contributed by atoms with Crippen molar-refractivity contribution in [2.45, 2.75) is 52.6 Å². The molecular formula is C16H27N5. The molecule has 0 fully saturated rings. The van der Waals surface area contributed by atoms with Gasteiger partial charge in [0.2, 0.25) is 0 Å². The second-order valence-corrected chi connectivity index (χ2v) is 5.52. The molecule has 2 rings (SSSR count). The van der Waals surface area contributed by atoms with Crippen LogP contribution in [-0.2, 0) is 32.9 Å². The maximum absolute atomic E-state index is 4.84. The van der Waals surface area contributed by atoms with E-state index in [1.165, 1.54) is 22.5 Å². The number of hydrogen-bond donors (Lipinski definition) is 1. The van der Waals surface area contributed by atoms with Crippen LogP contribution in [0.4, 0.5) is 0 Å². The van der Waals surface area contributed by atoms with Crippen LogP contribution < -0.4 is 5.32 Å². The first-order valence-corrected chi connectivity index (χ1v) is 7.83. The van der Waals surface area contributed by atoms with Gasteiger partial charge in [0.1, 0.15) is 0 Å². The zero-order valence-electron chi connectivity index (χ0n) is 13.8. The Labute approximate surface area is 127 Å². The van der Waals surface area contributed by atoms with Crippen LogP contribution in [0.15, 0.2) is 12.4 Å². The molecule has 5 nitrogen and oxygen atoms in total. The first kappa shape index (κ1) is 15.8. The van der Waals surface area contributed by atoms with Gasteiger partial charge in [-0.3, -0.25) is 9.36 Å². The summed E-state index contributed by atoms with van der Waals surface area (Å²) in [6, 6.07) is 0.349. The first-order chi connectivity index (χ1) is 10.1. The van der Waals surface area contributed by atoms with Crippen LogP contribution in [0.3, 0.4) is 0 Å². The molecule has 0 saturated heterocycles. The summed E-state index contributed by atoms with van der Waals surface area (Å²) in [6.45, 7) is 7.51. The molecule has 2 heterocycles. The molecule has 0 radical (unpaired) electrons. The Morgan fingerprint density at radius 2 is 2.05 bits per heavy atom. The molecule has 1 atom stereocenters. The van der Waals surface area contributed by atoms with Gasteiger partial charge in [-0.25, -0.2) is 0 Å². The molecule has 5 heteroatoms. The number of rotatable bonds is 7. The summed E-state index contributed by atoms with van der Waals surface area (Å²) in [5.41, 5.74) is 5.22. The Balaban J connectivity index is 2.24. The molecule has 0 saturated carbocycles. The van der Waals surface area contributed by atoms with Crippen LogP contribution in [0, 0.1) is 0 Å². The molecule has 116 valence electrons. The monoisotopic (exact) mass is 289 g/mol. The molecule has 0 aliphatic rings. The second-order valence-electron chi connectivity index (χ2n) is 5.52. The average Bonchev–Trinajstić information content (AvgIpc) is 3.06. The summed E-state index contributed by atoms with van der Waals surface area (Å²) >= 11 is 0. The largest absolute Gasteiger partial charge is 0.313 e. The third-order valence-electron chi connectivity index (χ3n) is 4.08. The van der Waals surface area contributed by atoms with Crippen LogP contribution in [0.5, 0.6) is 0 Å². The van der Waals surface area contributed by atoms with Gasteiger partial charge in [-0.05, 0) is 38.8 Å². The van der Waals surface area contributed by atoms with Crippen molar-refractivity contribution in [3.63, 3.8) is 0 Å². The van der Waals surface area contributed by atoms with E-state index in [2.05, 4.69) is 42.1 Å². The van der Waals surface area contributed by atoms with E-state index in [1.807, 2.05) is 25.0 Å². The van der Waals surface area contributed by atoms with Crippen molar-refractivity contribution in [3.8, 4) is 0 Å². The Bertz CT molecular complexity index is 582. The van der Waals surface area contributed by atoms with Crippen molar-refractivity contribution >= 4 is 0 Å². The molecule has 1 unspecified atom stereocenters. The van der Waals surface area contributed by atoms with E-state index in [9.17, 15) is 0 Å². The van der Waals surface area contributed by atoms with Crippen molar-refractivity contribution in [1.29, 1.82) is 0 Å². The van der Waals surface area contributed by atoms with Gasteiger partial charge in [0.25, 0.3) is 0 Å². The zero-order valence-corrected chi connectivity index (χ0v) is 13.8. The fraction of sp³-hybridized carbons (Fsp3) is 0.625. The average molecular weight is 289 g/mol. The van der Waals surface area contributed by atoms with E-state index >= 15 is 0 Å². The fourth-order valence-corrected chi connectivity index (χ4v) is 2.86. The normalized spacial score (nSPS) is 12.8. The zero-order chi connectivity index (χ0) is 15.4. The quantitative estimate of drug-likeness (QED) is 0.850. The van der Waals surface area contributed by atoms with Crippen LogP contribution in [0.1, 0.15) is 49.3 Å². The number of nitrogens with zero attached hydrogens (tertiary/aromatic N) is 4. The number of hydrogen-bond acceptors (Lipinski definition) is 3. The summed E-state index contributed by atoms with van der Waals surface area (Å²) in [4.78, 5) is 0. The van der Waals surface area contributed by atoms with Gasteiger partial charge in [-0.15, -0.1) is 0 Å². The van der Waals surface area contributed by atoms with E-state index in [1.54, 1.807) is 0 Å². The minimum Gasteiger partial charge on any atom is -0.313 e. The van der Waals surface area contributed by atoms with Gasteiger partial charge in [0.15, 0.2) is 0 Å². The highest BCUT2D eigenvalue weighted by atomic mass is 15.3. The van der Waals surface area contributed by atoms with E-state index < -0.39 is 0 Å². The van der Waals surface area contributed by atoms with E-state index in [0.29, 0.717) is 6.04 Å². The lowest BCUT2D eigenvalue weighted by Crippen LogP contribution is -2.16. The Hall–Kier alpha value is -1.62. The fourth-order valence-electron chi connectivity index (χ4n) is 2.86. The molecule has 21 heavy (non-hydrogen) atoms. The third-order valence-corrected chi connectivity index (χ3v) is 4.08. The molecule has 0 aliphatic heterocycles. The van der Waals surface area contributed by atoms with Gasteiger partial charge in [0, 0.05) is 37.1 Å². The summed E-state index contributed by atoms with van der Waals surface area (Å²) in [6.07, 6.45) is 6.98. The highest BCUT2D eigenvalue weighted by Gasteiger charge is 2.19. The van der Waals surface area contributed by atoms with E-state index in [4.69, 9.17) is 5.10 Å². The summed E-state index contributed by atoms with van der Waals surface area (Å²) in [5.74, 6) is 0. The van der Waals surface area contributed by atoms with Crippen molar-refractivity contribution < 1.29 is 0 Å². The topological polar surface area (TPSA) is 47.7 Å². The molecule has 0 spiro atoms. The smallest absolute Gasteiger partial charge is 0.0672 e. The maximum atomic E-state index is 4.84. The Kier molecular flexibility index (Phi) is 5.17. The van der Waals surface area contributed by atoms with Gasteiger partial charge >= 0.3 is 0 Å². The summed E-state index contributed by atoms with van der Waals surface area (Å²) in [5, 5.41) is 12.4. The molecule has 2 aromatic heterocycles. The third kappa shape index (κ3) is 3.35. The Morgan fingerprint density at radius 1 is 1.29 bits per heavy atom. The number of aromatic nitrogens is 4. The first-order valence-electron chi connectivity index (χ1n) is 7.83. The van der Waals surface area contributed by atoms with Gasteiger partial charge in [0.05, 0.1) is 11.9 Å². The SMILES string of the molecule is CCc1nn(CCc2cnn(C)c2)c(CC)c1C(C)NC. The lowest BCUT2D eigenvalue weighted by Gasteiger charge is -2.13.